The van der Waals surface area contributed by atoms with E-state index in [9.17, 15) is 0 Å². The molecule has 8 heteroatoms. The van der Waals surface area contributed by atoms with Gasteiger partial charge in [-0.05, 0) is 166 Å². The molecule has 0 radical (unpaired) electrons. The van der Waals surface area contributed by atoms with Gasteiger partial charge in [-0.2, -0.15) is 0 Å². The molecule has 0 aliphatic carbocycles. The van der Waals surface area contributed by atoms with Gasteiger partial charge >= 0.3 is 0 Å². The number of benzene rings is 12. The summed E-state index contributed by atoms with van der Waals surface area (Å²) in [5.41, 5.74) is 29.3. The van der Waals surface area contributed by atoms with Crippen LogP contribution in [0.1, 0.15) is 55.6 Å². The Hall–Kier alpha value is -8.23. The van der Waals surface area contributed by atoms with E-state index < -0.39 is 10.8 Å². The maximum absolute atomic E-state index is 2.49. The summed E-state index contributed by atoms with van der Waals surface area (Å²) in [6.07, 6.45) is 0. The lowest BCUT2D eigenvalue weighted by molar-refractivity contribution is 0.730. The van der Waals surface area contributed by atoms with Gasteiger partial charge in [-0.3, -0.25) is 0 Å². The molecule has 0 atom stereocenters. The van der Waals surface area contributed by atoms with Crippen molar-refractivity contribution in [3.05, 3.63) is 310 Å². The van der Waals surface area contributed by atoms with E-state index >= 15 is 0 Å². The first-order chi connectivity index (χ1) is 41.5. The van der Waals surface area contributed by atoms with Gasteiger partial charge in [0.25, 0.3) is 0 Å². The predicted octanol–water partition coefficient (Wildman–Crippen LogP) is 15.8. The van der Waals surface area contributed by atoms with E-state index in [4.69, 9.17) is 0 Å². The lowest BCUT2D eigenvalue weighted by atomic mass is 9.30. The average molecular weight is 1140 g/mol. The zero-order chi connectivity index (χ0) is 55.2. The number of aryl methyl sites for hydroxylation is 2. The monoisotopic (exact) mass is 1140 g/mol. The molecule has 0 fully saturated rings. The van der Waals surface area contributed by atoms with Crippen LogP contribution < -0.4 is 42.6 Å². The molecule has 0 amide bonds. The van der Waals surface area contributed by atoms with Crippen LogP contribution in [-0.4, -0.2) is 13.4 Å². The molecule has 12 aromatic rings. The third-order valence-electron chi connectivity index (χ3n) is 19.3. The van der Waals surface area contributed by atoms with Gasteiger partial charge in [0.1, 0.15) is 0 Å². The summed E-state index contributed by atoms with van der Waals surface area (Å²) in [5.74, 6) is 0. The number of nitrogens with zero attached hydrogens (tertiary/aromatic N) is 2. The third-order valence-corrected chi connectivity index (χ3v) is 23.9. The summed E-state index contributed by atoms with van der Waals surface area (Å²) in [6.45, 7) is 5.00. The molecule has 0 saturated carbocycles. The maximum Gasteiger partial charge on any atom is 0.247 e. The van der Waals surface area contributed by atoms with Gasteiger partial charge in [0.15, 0.2) is 0 Å². The molecule has 0 unspecified atom stereocenters. The lowest BCUT2D eigenvalue weighted by Gasteiger charge is -2.52. The van der Waals surface area contributed by atoms with Gasteiger partial charge in [-0.1, -0.05) is 238 Å². The molecule has 8 heterocycles. The van der Waals surface area contributed by atoms with E-state index in [0.717, 1.165) is 0 Å². The summed E-state index contributed by atoms with van der Waals surface area (Å²) in [7, 11) is 0. The van der Waals surface area contributed by atoms with Crippen molar-refractivity contribution in [3.8, 4) is 0 Å². The number of rotatable bonds is 2. The lowest BCUT2D eigenvalue weighted by Crippen LogP contribution is -2.66. The van der Waals surface area contributed by atoms with E-state index in [1.54, 1.807) is 0 Å². The Morgan fingerprint density at radius 1 is 0.250 bits per heavy atom. The Balaban J connectivity index is 0.000000124. The third kappa shape index (κ3) is 6.16. The second kappa shape index (κ2) is 17.7. The van der Waals surface area contributed by atoms with E-state index in [1.807, 2.05) is 47.0 Å². The summed E-state index contributed by atoms with van der Waals surface area (Å²) < 4.78 is 0. The van der Waals surface area contributed by atoms with Crippen LogP contribution in [0, 0.1) is 13.8 Å². The highest BCUT2D eigenvalue weighted by molar-refractivity contribution is 8.02. The Morgan fingerprint density at radius 2 is 0.524 bits per heavy atom. The SMILES string of the molecule is Cc1ccc2c(c1)C1(c3cc(C)ccc3N2c2ccccc2)c2cccc3c2B2c4c(cccc4Sc4cccc1c42)S3.c1ccc(N2c3ccccc3C3(c4ccccc42)c2cccc4c2B2c5c(cccc5Sc5cccc3c52)S4)cc1. The number of anilines is 6. The van der Waals surface area contributed by atoms with Crippen molar-refractivity contribution < 1.29 is 0 Å². The van der Waals surface area contributed by atoms with Gasteiger partial charge in [0.2, 0.25) is 13.4 Å². The van der Waals surface area contributed by atoms with Crippen LogP contribution in [-0.2, 0) is 10.8 Å². The van der Waals surface area contributed by atoms with Crippen molar-refractivity contribution in [1.82, 2.24) is 0 Å². The summed E-state index contributed by atoms with van der Waals surface area (Å²) in [5, 5.41) is 0. The predicted molar refractivity (Wildman–Crippen MR) is 354 cm³/mol. The van der Waals surface area contributed by atoms with Crippen molar-refractivity contribution in [1.29, 1.82) is 0 Å². The fourth-order valence-corrected chi connectivity index (χ4v) is 21.3. The Morgan fingerprint density at radius 3 is 0.881 bits per heavy atom. The molecule has 84 heavy (non-hydrogen) atoms. The highest BCUT2D eigenvalue weighted by atomic mass is 32.2. The fraction of sp³-hybridized carbons (Fsp3) is 0.0526. The summed E-state index contributed by atoms with van der Waals surface area (Å²) in [6, 6.07) is 96.3. The fourth-order valence-electron chi connectivity index (χ4n) is 16.3. The number of hydrogen-bond donors (Lipinski definition) is 0. The zero-order valence-corrected chi connectivity index (χ0v) is 49.2. The normalized spacial score (nSPS) is 15.6. The molecular formula is C76H48B2N2S4. The topological polar surface area (TPSA) is 6.48 Å². The molecule has 0 bridgehead atoms. The van der Waals surface area contributed by atoms with Crippen molar-refractivity contribution in [2.45, 2.75) is 63.8 Å². The van der Waals surface area contributed by atoms with Crippen LogP contribution in [0.2, 0.25) is 0 Å². The van der Waals surface area contributed by atoms with Gasteiger partial charge < -0.3 is 9.80 Å². The van der Waals surface area contributed by atoms with E-state index in [0.29, 0.717) is 0 Å². The second-order valence-corrected chi connectivity index (χ2v) is 27.7. The van der Waals surface area contributed by atoms with Crippen LogP contribution in [0.5, 0.6) is 0 Å². The van der Waals surface area contributed by atoms with Crippen LogP contribution in [0.25, 0.3) is 0 Å². The van der Waals surface area contributed by atoms with Crippen molar-refractivity contribution in [2.24, 2.45) is 0 Å². The Bertz CT molecular complexity index is 4620. The summed E-state index contributed by atoms with van der Waals surface area (Å²) >= 11 is 7.82. The van der Waals surface area contributed by atoms with Gasteiger partial charge in [-0.15, -0.1) is 0 Å². The average Bonchev–Trinajstić information content (AvgIpc) is 0.862. The van der Waals surface area contributed by atoms with Crippen LogP contribution >= 0.6 is 47.0 Å². The van der Waals surface area contributed by atoms with Crippen molar-refractivity contribution in [3.63, 3.8) is 0 Å². The molecule has 2 spiro atoms. The molecule has 12 aromatic carbocycles. The molecule has 0 N–H and O–H groups in total. The van der Waals surface area contributed by atoms with Gasteiger partial charge in [-0.25, -0.2) is 0 Å². The Labute approximate surface area is 507 Å². The van der Waals surface area contributed by atoms with E-state index in [1.165, 1.54) is 162 Å². The van der Waals surface area contributed by atoms with Gasteiger partial charge in [0.05, 0.1) is 33.6 Å². The van der Waals surface area contributed by atoms with Crippen molar-refractivity contribution in [2.75, 3.05) is 9.80 Å². The maximum atomic E-state index is 2.49. The summed E-state index contributed by atoms with van der Waals surface area (Å²) in [4.78, 5) is 16.1. The number of para-hydroxylation sites is 4. The molecular weight excluding hydrogens is 1090 g/mol. The van der Waals surface area contributed by atoms with Gasteiger partial charge in [0, 0.05) is 50.5 Å². The Kier molecular flexibility index (Phi) is 10.1. The number of fused-ring (bicyclic) bond motifs is 12. The first kappa shape index (κ1) is 48.2. The minimum absolute atomic E-state index is 0.255. The first-order valence-electron chi connectivity index (χ1n) is 29.1. The first-order valence-corrected chi connectivity index (χ1v) is 32.4. The van der Waals surface area contributed by atoms with E-state index in [-0.39, 0.29) is 13.4 Å². The smallest absolute Gasteiger partial charge is 0.247 e. The zero-order valence-electron chi connectivity index (χ0n) is 45.9. The van der Waals surface area contributed by atoms with Crippen LogP contribution in [0.3, 0.4) is 0 Å². The molecule has 0 aromatic heterocycles. The highest BCUT2D eigenvalue weighted by Gasteiger charge is 2.58. The number of hydrogen-bond acceptors (Lipinski definition) is 6. The molecule has 2 nitrogen and oxygen atoms in total. The minimum atomic E-state index is -0.438. The molecule has 20 rings (SSSR count). The molecule has 0 saturated heterocycles. The van der Waals surface area contributed by atoms with Crippen LogP contribution in [0.4, 0.5) is 34.1 Å². The molecule has 8 aliphatic heterocycles. The largest absolute Gasteiger partial charge is 0.310 e. The standard InChI is InChI=1S/C39H26BNS2.C37H22BNS2/c1-23-17-19-30-28(21-23)39(29-22-24(2)18-20-31(29)41(30)25-9-4-3-5-10-25)26-11-6-13-32-36(26)40-37-27(39)12-7-14-33(37)43-35-16-8-15-34(42-32)38(35)40;1-2-11-23(12-3-1)39-28-17-6-4-13-24(28)37(25-14-5-7-18-29(25)39)26-15-8-19-30-34(26)38-35-27(37)16-9-20-31(35)41-33-22-10-21-32(40-30)36(33)38/h3-22H,1-2H3;1-22H. The molecule has 8 aliphatic rings. The quantitative estimate of drug-likeness (QED) is 0.158. The highest BCUT2D eigenvalue weighted by Crippen LogP contribution is 2.62. The van der Waals surface area contributed by atoms with Crippen molar-refractivity contribution >= 4 is 127 Å². The van der Waals surface area contributed by atoms with E-state index in [2.05, 4.69) is 278 Å². The van der Waals surface area contributed by atoms with Crippen LogP contribution in [0.15, 0.2) is 294 Å². The molecule has 392 valence electrons. The second-order valence-electron chi connectivity index (χ2n) is 23.4. The minimum Gasteiger partial charge on any atom is -0.310 e.